The summed E-state index contributed by atoms with van der Waals surface area (Å²) >= 11 is 0. The molecule has 0 bridgehead atoms. The van der Waals surface area contributed by atoms with Crippen LogP contribution >= 0.6 is 0 Å². The van der Waals surface area contributed by atoms with Crippen LogP contribution in [0.2, 0.25) is 0 Å². The zero-order valence-electron chi connectivity index (χ0n) is 12.3. The molecule has 20 heavy (non-hydrogen) atoms. The third-order valence-corrected chi connectivity index (χ3v) is 3.49. The Balaban J connectivity index is 2.16. The molecule has 1 saturated heterocycles. The summed E-state index contributed by atoms with van der Waals surface area (Å²) in [6.45, 7) is 2.45. The van der Waals surface area contributed by atoms with Gasteiger partial charge in [-0.1, -0.05) is 25.5 Å². The summed E-state index contributed by atoms with van der Waals surface area (Å²) in [5.41, 5.74) is 0. The molecule has 3 N–H and O–H groups in total. The molecule has 5 heteroatoms. The van der Waals surface area contributed by atoms with Crippen molar-refractivity contribution >= 4 is 0 Å². The number of ether oxygens (including phenoxy) is 2. The van der Waals surface area contributed by atoms with E-state index in [4.69, 9.17) is 9.47 Å². The monoisotopic (exact) mass is 288 g/mol. The maximum atomic E-state index is 9.86. The molecule has 0 unspecified atom stereocenters. The fraction of sp³-hybridized carbons (Fsp3) is 0.867. The van der Waals surface area contributed by atoms with Crippen LogP contribution in [-0.2, 0) is 9.47 Å². The van der Waals surface area contributed by atoms with Crippen molar-refractivity contribution in [3.63, 3.8) is 0 Å². The molecule has 0 spiro atoms. The second-order valence-electron chi connectivity index (χ2n) is 5.18. The van der Waals surface area contributed by atoms with Crippen molar-refractivity contribution < 1.29 is 24.8 Å². The first-order valence-electron chi connectivity index (χ1n) is 7.55. The van der Waals surface area contributed by atoms with E-state index in [9.17, 15) is 15.3 Å². The first-order valence-corrected chi connectivity index (χ1v) is 7.55. The summed E-state index contributed by atoms with van der Waals surface area (Å²) in [5.74, 6) is 0. The minimum atomic E-state index is -0.992. The Morgan fingerprint density at radius 1 is 1.20 bits per heavy atom. The molecule has 1 aliphatic rings. The van der Waals surface area contributed by atoms with Crippen LogP contribution < -0.4 is 0 Å². The van der Waals surface area contributed by atoms with Gasteiger partial charge in [0.15, 0.2) is 0 Å². The van der Waals surface area contributed by atoms with E-state index in [-0.39, 0.29) is 13.2 Å². The van der Waals surface area contributed by atoms with Crippen molar-refractivity contribution in [1.82, 2.24) is 0 Å². The van der Waals surface area contributed by atoms with Crippen LogP contribution in [0.1, 0.15) is 39.0 Å². The van der Waals surface area contributed by atoms with Gasteiger partial charge in [-0.15, -0.1) is 0 Å². The normalized spacial score (nSPS) is 31.0. The van der Waals surface area contributed by atoms with Gasteiger partial charge >= 0.3 is 0 Å². The van der Waals surface area contributed by atoms with Gasteiger partial charge in [0.05, 0.1) is 13.2 Å². The van der Waals surface area contributed by atoms with Gasteiger partial charge < -0.3 is 24.8 Å². The van der Waals surface area contributed by atoms with Gasteiger partial charge in [-0.2, -0.15) is 0 Å². The van der Waals surface area contributed by atoms with Crippen LogP contribution in [0.4, 0.5) is 0 Å². The van der Waals surface area contributed by atoms with Crippen LogP contribution in [0.5, 0.6) is 0 Å². The molecule has 1 fully saturated rings. The van der Waals surface area contributed by atoms with E-state index in [2.05, 4.69) is 19.1 Å². The molecule has 1 heterocycles. The van der Waals surface area contributed by atoms with Gasteiger partial charge in [0, 0.05) is 6.61 Å². The largest absolute Gasteiger partial charge is 0.394 e. The first-order chi connectivity index (χ1) is 9.70. The molecule has 118 valence electrons. The topological polar surface area (TPSA) is 79.2 Å². The van der Waals surface area contributed by atoms with Crippen LogP contribution in [0.15, 0.2) is 12.2 Å². The zero-order valence-corrected chi connectivity index (χ0v) is 12.3. The van der Waals surface area contributed by atoms with Crippen molar-refractivity contribution in [2.75, 3.05) is 19.8 Å². The maximum absolute atomic E-state index is 9.86. The van der Waals surface area contributed by atoms with Gasteiger partial charge in [0.25, 0.3) is 0 Å². The highest BCUT2D eigenvalue weighted by Gasteiger charge is 2.39. The number of rotatable bonds is 9. The maximum Gasteiger partial charge on any atom is 0.114 e. The molecule has 0 aromatic carbocycles. The number of unbranched alkanes of at least 4 members (excludes halogenated alkanes) is 3. The predicted octanol–water partition coefficient (Wildman–Crippen LogP) is 1.01. The van der Waals surface area contributed by atoms with Crippen molar-refractivity contribution in [2.45, 2.75) is 63.4 Å². The number of aliphatic hydroxyl groups is 3. The summed E-state index contributed by atoms with van der Waals surface area (Å²) in [5, 5.41) is 28.6. The molecular formula is C15H28O5. The molecule has 0 aliphatic carbocycles. The Hall–Kier alpha value is -0.460. The standard InChI is InChI=1S/C15H28O5/c1-2-3-4-5-6-7-8-9-19-15-13(10-16)20-11-12(17)14(15)18/h3-4,12-18H,2,5-11H2,1H3/b4-3+/t12-,13+,14+,15+/m0/s1. The second-order valence-corrected chi connectivity index (χ2v) is 5.18. The highest BCUT2D eigenvalue weighted by Crippen LogP contribution is 2.19. The van der Waals surface area contributed by atoms with Crippen molar-refractivity contribution in [3.8, 4) is 0 Å². The Bertz CT molecular complexity index is 267. The lowest BCUT2D eigenvalue weighted by atomic mass is 10.0. The molecular weight excluding hydrogens is 260 g/mol. The van der Waals surface area contributed by atoms with E-state index in [1.54, 1.807) is 0 Å². The predicted molar refractivity (Wildman–Crippen MR) is 76.5 cm³/mol. The zero-order chi connectivity index (χ0) is 14.8. The molecule has 1 aliphatic heterocycles. The molecule has 1 rings (SSSR count). The SMILES string of the molecule is CC/C=C/CCCCCO[C@H]1[C@H](O)[C@@H](O)CO[C@@H]1CO. The van der Waals surface area contributed by atoms with E-state index in [0.717, 1.165) is 32.1 Å². The van der Waals surface area contributed by atoms with E-state index in [1.165, 1.54) is 0 Å². The highest BCUT2D eigenvalue weighted by molar-refractivity contribution is 4.87. The molecule has 0 amide bonds. The third-order valence-electron chi connectivity index (χ3n) is 3.49. The van der Waals surface area contributed by atoms with E-state index in [0.29, 0.717) is 6.61 Å². The smallest absolute Gasteiger partial charge is 0.114 e. The van der Waals surface area contributed by atoms with E-state index in [1.807, 2.05) is 0 Å². The minimum Gasteiger partial charge on any atom is -0.394 e. The van der Waals surface area contributed by atoms with Gasteiger partial charge in [-0.3, -0.25) is 0 Å². The summed E-state index contributed by atoms with van der Waals surface area (Å²) < 4.78 is 10.8. The van der Waals surface area contributed by atoms with Gasteiger partial charge in [-0.25, -0.2) is 0 Å². The van der Waals surface area contributed by atoms with E-state index < -0.39 is 24.4 Å². The van der Waals surface area contributed by atoms with Crippen LogP contribution in [-0.4, -0.2) is 59.6 Å². The fourth-order valence-corrected chi connectivity index (χ4v) is 2.26. The average molecular weight is 288 g/mol. The summed E-state index contributed by atoms with van der Waals surface area (Å²) in [6, 6.07) is 0. The summed E-state index contributed by atoms with van der Waals surface area (Å²) in [6.07, 6.45) is 6.46. The quantitative estimate of drug-likeness (QED) is 0.436. The van der Waals surface area contributed by atoms with Crippen molar-refractivity contribution in [2.24, 2.45) is 0 Å². The molecule has 0 aromatic rings. The lowest BCUT2D eigenvalue weighted by molar-refractivity contribution is -0.211. The van der Waals surface area contributed by atoms with E-state index >= 15 is 0 Å². The Kier molecular flexibility index (Phi) is 9.05. The molecule has 4 atom stereocenters. The number of aliphatic hydroxyl groups excluding tert-OH is 3. The summed E-state index contributed by atoms with van der Waals surface area (Å²) in [7, 11) is 0. The third kappa shape index (κ3) is 5.89. The van der Waals surface area contributed by atoms with Crippen molar-refractivity contribution in [1.29, 1.82) is 0 Å². The van der Waals surface area contributed by atoms with Crippen molar-refractivity contribution in [3.05, 3.63) is 12.2 Å². The molecule has 5 nitrogen and oxygen atoms in total. The second kappa shape index (κ2) is 10.3. The van der Waals surface area contributed by atoms with Crippen LogP contribution in [0.25, 0.3) is 0 Å². The summed E-state index contributed by atoms with van der Waals surface area (Å²) in [4.78, 5) is 0. The van der Waals surface area contributed by atoms with Crippen LogP contribution in [0.3, 0.4) is 0 Å². The highest BCUT2D eigenvalue weighted by atomic mass is 16.6. The fourth-order valence-electron chi connectivity index (χ4n) is 2.26. The Morgan fingerprint density at radius 2 is 2.00 bits per heavy atom. The Morgan fingerprint density at radius 3 is 2.70 bits per heavy atom. The number of hydrogen-bond donors (Lipinski definition) is 3. The van der Waals surface area contributed by atoms with Gasteiger partial charge in [0.2, 0.25) is 0 Å². The molecule has 0 aromatic heterocycles. The van der Waals surface area contributed by atoms with Gasteiger partial charge in [-0.05, 0) is 25.7 Å². The molecule has 0 saturated carbocycles. The Labute approximate surface area is 121 Å². The first kappa shape index (κ1) is 17.6. The van der Waals surface area contributed by atoms with Gasteiger partial charge in [0.1, 0.15) is 24.4 Å². The number of hydrogen-bond acceptors (Lipinski definition) is 5. The lowest BCUT2D eigenvalue weighted by Crippen LogP contribution is -2.55. The molecule has 0 radical (unpaired) electrons. The lowest BCUT2D eigenvalue weighted by Gasteiger charge is -2.37. The number of allylic oxidation sites excluding steroid dienone is 2. The minimum absolute atomic E-state index is 0.0377. The van der Waals surface area contributed by atoms with Crippen LogP contribution in [0, 0.1) is 0 Å². The average Bonchev–Trinajstić information content (AvgIpc) is 2.46.